The molecule has 1 aromatic carbocycles. The molecule has 2 fully saturated rings. The van der Waals surface area contributed by atoms with Crippen LogP contribution in [0.3, 0.4) is 0 Å². The summed E-state index contributed by atoms with van der Waals surface area (Å²) in [7, 11) is 0. The van der Waals surface area contributed by atoms with Crippen LogP contribution in [0.1, 0.15) is 31.7 Å². The Morgan fingerprint density at radius 3 is 2.52 bits per heavy atom. The molecular formula is C21H31FN2O3. The van der Waals surface area contributed by atoms with E-state index in [0.29, 0.717) is 19.7 Å². The number of hydrogen-bond acceptors (Lipinski definition) is 5. The summed E-state index contributed by atoms with van der Waals surface area (Å²) in [6.45, 7) is 6.75. The Morgan fingerprint density at radius 2 is 1.89 bits per heavy atom. The third kappa shape index (κ3) is 4.86. The normalized spacial score (nSPS) is 23.4. The second-order valence-electron chi connectivity index (χ2n) is 7.90. The van der Waals surface area contributed by atoms with E-state index in [9.17, 15) is 14.3 Å². The number of rotatable bonds is 6. The van der Waals surface area contributed by atoms with Crippen molar-refractivity contribution in [3.05, 3.63) is 35.6 Å². The van der Waals surface area contributed by atoms with E-state index in [4.69, 9.17) is 4.74 Å². The zero-order valence-electron chi connectivity index (χ0n) is 16.2. The highest BCUT2D eigenvalue weighted by Crippen LogP contribution is 2.45. The standard InChI is InChI=1S/C21H31FN2O3/c1-2-27-20(26)15-24-12-9-21(18(14-24)16-25)7-10-23(11-8-21)13-17-5-3-4-6-19(17)22/h3-6,18,25H,2,7-16H2,1H3/t18-/m0/s1. The van der Waals surface area contributed by atoms with Crippen molar-refractivity contribution in [2.24, 2.45) is 11.3 Å². The molecule has 3 rings (SSSR count). The fourth-order valence-corrected chi connectivity index (χ4v) is 4.65. The molecule has 1 aromatic rings. The first-order valence-electron chi connectivity index (χ1n) is 10.0. The highest BCUT2D eigenvalue weighted by Gasteiger charge is 2.44. The lowest BCUT2D eigenvalue weighted by Gasteiger charge is -2.51. The number of carbonyl (C=O) groups excluding carboxylic acids is 1. The highest BCUT2D eigenvalue weighted by molar-refractivity contribution is 5.71. The molecular weight excluding hydrogens is 347 g/mol. The minimum absolute atomic E-state index is 0.131. The number of aliphatic hydroxyl groups is 1. The van der Waals surface area contributed by atoms with Gasteiger partial charge in [-0.05, 0) is 57.3 Å². The number of benzene rings is 1. The van der Waals surface area contributed by atoms with Gasteiger partial charge in [0.05, 0.1) is 13.2 Å². The zero-order chi connectivity index (χ0) is 19.3. The van der Waals surface area contributed by atoms with Crippen molar-refractivity contribution in [1.29, 1.82) is 0 Å². The summed E-state index contributed by atoms with van der Waals surface area (Å²) in [6.07, 6.45) is 3.02. The third-order valence-electron chi connectivity index (χ3n) is 6.35. The molecule has 1 spiro atoms. The van der Waals surface area contributed by atoms with Crippen molar-refractivity contribution in [2.75, 3.05) is 45.9 Å². The van der Waals surface area contributed by atoms with Gasteiger partial charge in [0.2, 0.25) is 0 Å². The molecule has 0 radical (unpaired) electrons. The first-order valence-corrected chi connectivity index (χ1v) is 10.0. The number of esters is 1. The molecule has 2 heterocycles. The van der Waals surface area contributed by atoms with E-state index in [0.717, 1.165) is 51.0 Å². The van der Waals surface area contributed by atoms with Crippen LogP contribution in [0.5, 0.6) is 0 Å². The van der Waals surface area contributed by atoms with Crippen LogP contribution in [-0.4, -0.2) is 66.8 Å². The van der Waals surface area contributed by atoms with Crippen molar-refractivity contribution < 1.29 is 19.0 Å². The molecule has 0 saturated carbocycles. The van der Waals surface area contributed by atoms with Crippen LogP contribution in [0, 0.1) is 17.2 Å². The second-order valence-corrected chi connectivity index (χ2v) is 7.90. The number of nitrogens with zero attached hydrogens (tertiary/aromatic N) is 2. The molecule has 150 valence electrons. The average molecular weight is 378 g/mol. The van der Waals surface area contributed by atoms with Gasteiger partial charge < -0.3 is 9.84 Å². The number of carbonyl (C=O) groups is 1. The predicted octanol–water partition coefficient (Wildman–Crippen LogP) is 2.29. The Balaban J connectivity index is 1.55. The van der Waals surface area contributed by atoms with Crippen LogP contribution in [-0.2, 0) is 16.1 Å². The van der Waals surface area contributed by atoms with Gasteiger partial charge >= 0.3 is 5.97 Å². The Labute approximate surface area is 161 Å². The minimum Gasteiger partial charge on any atom is -0.465 e. The quantitative estimate of drug-likeness (QED) is 0.770. The molecule has 0 unspecified atom stereocenters. The molecule has 5 nitrogen and oxygen atoms in total. The molecule has 0 aromatic heterocycles. The van der Waals surface area contributed by atoms with Gasteiger partial charge in [0.1, 0.15) is 5.82 Å². The molecule has 27 heavy (non-hydrogen) atoms. The summed E-state index contributed by atoms with van der Waals surface area (Å²) in [5.41, 5.74) is 0.877. The van der Waals surface area contributed by atoms with Crippen LogP contribution in [0.25, 0.3) is 0 Å². The maximum Gasteiger partial charge on any atom is 0.320 e. The van der Waals surface area contributed by atoms with Crippen LogP contribution in [0.2, 0.25) is 0 Å². The number of ether oxygens (including phenoxy) is 1. The number of piperidine rings is 2. The molecule has 2 aliphatic heterocycles. The first-order chi connectivity index (χ1) is 13.1. The molecule has 1 N–H and O–H groups in total. The van der Waals surface area contributed by atoms with E-state index >= 15 is 0 Å². The molecule has 6 heteroatoms. The van der Waals surface area contributed by atoms with E-state index in [2.05, 4.69) is 9.80 Å². The number of hydrogen-bond donors (Lipinski definition) is 1. The van der Waals surface area contributed by atoms with Crippen molar-refractivity contribution in [3.8, 4) is 0 Å². The van der Waals surface area contributed by atoms with Crippen molar-refractivity contribution in [1.82, 2.24) is 9.80 Å². The summed E-state index contributed by atoms with van der Waals surface area (Å²) in [4.78, 5) is 16.2. The lowest BCUT2D eigenvalue weighted by Crippen LogP contribution is -2.54. The summed E-state index contributed by atoms with van der Waals surface area (Å²) in [6, 6.07) is 6.97. The largest absolute Gasteiger partial charge is 0.465 e. The molecule has 2 saturated heterocycles. The van der Waals surface area contributed by atoms with E-state index in [1.165, 1.54) is 6.07 Å². The fourth-order valence-electron chi connectivity index (χ4n) is 4.65. The van der Waals surface area contributed by atoms with Crippen LogP contribution < -0.4 is 0 Å². The molecule has 1 atom stereocenters. The number of likely N-dealkylation sites (tertiary alicyclic amines) is 2. The van der Waals surface area contributed by atoms with Crippen LogP contribution in [0.4, 0.5) is 4.39 Å². The zero-order valence-corrected chi connectivity index (χ0v) is 16.2. The van der Waals surface area contributed by atoms with Gasteiger partial charge in [-0.15, -0.1) is 0 Å². The van der Waals surface area contributed by atoms with Gasteiger partial charge in [-0.2, -0.15) is 0 Å². The lowest BCUT2D eigenvalue weighted by molar-refractivity contribution is -0.146. The fraction of sp³-hybridized carbons (Fsp3) is 0.667. The minimum atomic E-state index is -0.190. The molecule has 2 aliphatic rings. The SMILES string of the molecule is CCOC(=O)CN1CCC2(CCN(Cc3ccccc3F)CC2)[C@H](CO)C1. The molecule has 0 aliphatic carbocycles. The maximum absolute atomic E-state index is 13.9. The number of aliphatic hydroxyl groups excluding tert-OH is 1. The smallest absolute Gasteiger partial charge is 0.320 e. The monoisotopic (exact) mass is 378 g/mol. The Morgan fingerprint density at radius 1 is 1.22 bits per heavy atom. The van der Waals surface area contributed by atoms with Gasteiger partial charge in [0, 0.05) is 31.2 Å². The maximum atomic E-state index is 13.9. The van der Waals surface area contributed by atoms with Crippen molar-refractivity contribution >= 4 is 5.97 Å². The second kappa shape index (κ2) is 9.13. The predicted molar refractivity (Wildman–Crippen MR) is 102 cm³/mol. The van der Waals surface area contributed by atoms with Gasteiger partial charge in [0.25, 0.3) is 0 Å². The van der Waals surface area contributed by atoms with E-state index in [1.807, 2.05) is 19.1 Å². The summed E-state index contributed by atoms with van der Waals surface area (Å²) < 4.78 is 19.0. The summed E-state index contributed by atoms with van der Waals surface area (Å²) >= 11 is 0. The third-order valence-corrected chi connectivity index (χ3v) is 6.35. The first kappa shape index (κ1) is 20.2. The van der Waals surface area contributed by atoms with Crippen LogP contribution in [0.15, 0.2) is 24.3 Å². The molecule has 0 amide bonds. The summed E-state index contributed by atoms with van der Waals surface area (Å²) in [5, 5.41) is 10.00. The van der Waals surface area contributed by atoms with Gasteiger partial charge in [-0.3, -0.25) is 14.6 Å². The van der Waals surface area contributed by atoms with Gasteiger partial charge in [-0.25, -0.2) is 4.39 Å². The van der Waals surface area contributed by atoms with Crippen molar-refractivity contribution in [2.45, 2.75) is 32.7 Å². The van der Waals surface area contributed by atoms with E-state index in [1.54, 1.807) is 6.07 Å². The highest BCUT2D eigenvalue weighted by atomic mass is 19.1. The Bertz CT molecular complexity index is 632. The van der Waals surface area contributed by atoms with Crippen LogP contribution >= 0.6 is 0 Å². The Hall–Kier alpha value is -1.50. The topological polar surface area (TPSA) is 53.0 Å². The molecule has 0 bridgehead atoms. The van der Waals surface area contributed by atoms with Gasteiger partial charge in [0.15, 0.2) is 0 Å². The van der Waals surface area contributed by atoms with Gasteiger partial charge in [-0.1, -0.05) is 18.2 Å². The lowest BCUT2D eigenvalue weighted by atomic mass is 9.64. The van der Waals surface area contributed by atoms with Crippen molar-refractivity contribution in [3.63, 3.8) is 0 Å². The Kier molecular flexibility index (Phi) is 6.84. The summed E-state index contributed by atoms with van der Waals surface area (Å²) in [5.74, 6) is -0.153. The average Bonchev–Trinajstić information content (AvgIpc) is 2.67. The van der Waals surface area contributed by atoms with E-state index < -0.39 is 0 Å². The number of halogens is 1. The van der Waals surface area contributed by atoms with E-state index in [-0.39, 0.29) is 29.7 Å².